The Morgan fingerprint density at radius 2 is 2.14 bits per heavy atom. The minimum absolute atomic E-state index is 0.445. The number of hydrogen-bond donors (Lipinski definition) is 1. The molecule has 1 N–H and O–H groups in total. The normalized spacial score (nSPS) is 16.1. The van der Waals surface area contributed by atoms with Crippen molar-refractivity contribution in [1.82, 2.24) is 14.6 Å². The Balaban J connectivity index is 1.60. The first-order valence-electron chi connectivity index (χ1n) is 8.32. The van der Waals surface area contributed by atoms with Crippen LogP contribution in [0.1, 0.15) is 64.0 Å². The zero-order chi connectivity index (χ0) is 14.7. The third-order valence-corrected chi connectivity index (χ3v) is 4.56. The van der Waals surface area contributed by atoms with Gasteiger partial charge in [-0.2, -0.15) is 5.10 Å². The highest BCUT2D eigenvalue weighted by atomic mass is 15.2. The maximum Gasteiger partial charge on any atom is 0.152 e. The van der Waals surface area contributed by atoms with Crippen molar-refractivity contribution in [2.45, 2.75) is 58.3 Å². The van der Waals surface area contributed by atoms with Crippen molar-refractivity contribution in [1.29, 1.82) is 0 Å². The Morgan fingerprint density at radius 3 is 2.90 bits per heavy atom. The van der Waals surface area contributed by atoms with E-state index in [1.165, 1.54) is 38.5 Å². The molecule has 0 radical (unpaired) electrons. The standard InChI is InChI=1S/C17H26N4/c1-13(2)15-12-16-17(19-10-11-21(16)20-15)18-9-5-8-14-6-3-4-7-14/h10-14H,3-9H2,1-2H3,(H,18,19). The molecule has 1 fully saturated rings. The monoisotopic (exact) mass is 286 g/mol. The van der Waals surface area contributed by atoms with Gasteiger partial charge in [-0.05, 0) is 30.7 Å². The first-order valence-corrected chi connectivity index (χ1v) is 8.32. The summed E-state index contributed by atoms with van der Waals surface area (Å²) in [6.45, 7) is 5.35. The van der Waals surface area contributed by atoms with E-state index in [1.807, 2.05) is 16.9 Å². The lowest BCUT2D eigenvalue weighted by Crippen LogP contribution is -2.06. The number of nitrogens with one attached hydrogen (secondary N) is 1. The van der Waals surface area contributed by atoms with Gasteiger partial charge in [-0.3, -0.25) is 0 Å². The van der Waals surface area contributed by atoms with Crippen LogP contribution in [0.15, 0.2) is 18.5 Å². The zero-order valence-corrected chi connectivity index (χ0v) is 13.2. The van der Waals surface area contributed by atoms with Crippen LogP contribution in [-0.2, 0) is 0 Å². The van der Waals surface area contributed by atoms with Crippen LogP contribution in [0.25, 0.3) is 5.52 Å². The Kier molecular flexibility index (Phi) is 4.42. The zero-order valence-electron chi connectivity index (χ0n) is 13.2. The number of anilines is 1. The summed E-state index contributed by atoms with van der Waals surface area (Å²) in [7, 11) is 0. The van der Waals surface area contributed by atoms with Crippen LogP contribution in [0.2, 0.25) is 0 Å². The van der Waals surface area contributed by atoms with Gasteiger partial charge in [0.25, 0.3) is 0 Å². The molecule has 0 aromatic carbocycles. The molecule has 0 unspecified atom stereocenters. The second-order valence-corrected chi connectivity index (χ2v) is 6.55. The second-order valence-electron chi connectivity index (χ2n) is 6.55. The van der Waals surface area contributed by atoms with Gasteiger partial charge < -0.3 is 5.32 Å². The molecule has 0 amide bonds. The molecule has 4 heteroatoms. The second kappa shape index (κ2) is 6.46. The molecule has 0 aliphatic heterocycles. The molecule has 2 aromatic heterocycles. The first-order chi connectivity index (χ1) is 10.2. The van der Waals surface area contributed by atoms with E-state index in [4.69, 9.17) is 0 Å². The molecule has 0 bridgehead atoms. The van der Waals surface area contributed by atoms with Crippen molar-refractivity contribution in [2.24, 2.45) is 5.92 Å². The minimum Gasteiger partial charge on any atom is -0.368 e. The fourth-order valence-electron chi connectivity index (χ4n) is 3.26. The van der Waals surface area contributed by atoms with E-state index in [0.29, 0.717) is 5.92 Å². The fraction of sp³-hybridized carbons (Fsp3) is 0.647. The van der Waals surface area contributed by atoms with E-state index in [2.05, 4.69) is 35.3 Å². The van der Waals surface area contributed by atoms with Gasteiger partial charge in [0.2, 0.25) is 0 Å². The summed E-state index contributed by atoms with van der Waals surface area (Å²) in [6.07, 6.45) is 12.1. The summed E-state index contributed by atoms with van der Waals surface area (Å²) < 4.78 is 1.93. The number of hydrogen-bond acceptors (Lipinski definition) is 3. The van der Waals surface area contributed by atoms with E-state index in [-0.39, 0.29) is 0 Å². The lowest BCUT2D eigenvalue weighted by atomic mass is 10.0. The highest BCUT2D eigenvalue weighted by Gasteiger charge is 2.14. The number of fused-ring (bicyclic) bond motifs is 1. The summed E-state index contributed by atoms with van der Waals surface area (Å²) >= 11 is 0. The van der Waals surface area contributed by atoms with E-state index in [1.54, 1.807) is 0 Å². The molecule has 114 valence electrons. The Labute approximate surface area is 127 Å². The number of rotatable bonds is 6. The fourth-order valence-corrected chi connectivity index (χ4v) is 3.26. The summed E-state index contributed by atoms with van der Waals surface area (Å²) in [5, 5.41) is 8.09. The van der Waals surface area contributed by atoms with Crippen LogP contribution in [-0.4, -0.2) is 21.1 Å². The van der Waals surface area contributed by atoms with Crippen molar-refractivity contribution in [2.75, 3.05) is 11.9 Å². The molecular formula is C17H26N4. The van der Waals surface area contributed by atoms with E-state index < -0.39 is 0 Å². The van der Waals surface area contributed by atoms with Crippen molar-refractivity contribution in [3.05, 3.63) is 24.2 Å². The molecule has 4 nitrogen and oxygen atoms in total. The van der Waals surface area contributed by atoms with Crippen LogP contribution in [0.4, 0.5) is 5.82 Å². The number of aromatic nitrogens is 3. The van der Waals surface area contributed by atoms with Crippen molar-refractivity contribution in [3.8, 4) is 0 Å². The highest BCUT2D eigenvalue weighted by molar-refractivity contribution is 5.67. The van der Waals surface area contributed by atoms with Crippen LogP contribution in [0, 0.1) is 5.92 Å². The third-order valence-electron chi connectivity index (χ3n) is 4.56. The van der Waals surface area contributed by atoms with Gasteiger partial charge in [-0.1, -0.05) is 39.5 Å². The molecule has 1 aliphatic carbocycles. The van der Waals surface area contributed by atoms with Crippen molar-refractivity contribution >= 4 is 11.3 Å². The average Bonchev–Trinajstić information content (AvgIpc) is 3.12. The highest BCUT2D eigenvalue weighted by Crippen LogP contribution is 2.28. The van der Waals surface area contributed by atoms with Crippen LogP contribution >= 0.6 is 0 Å². The molecule has 0 atom stereocenters. The quantitative estimate of drug-likeness (QED) is 0.808. The maximum atomic E-state index is 4.60. The van der Waals surface area contributed by atoms with E-state index >= 15 is 0 Å². The van der Waals surface area contributed by atoms with E-state index in [9.17, 15) is 0 Å². The first kappa shape index (κ1) is 14.4. The molecule has 0 saturated heterocycles. The van der Waals surface area contributed by atoms with Gasteiger partial charge in [0.05, 0.1) is 5.69 Å². The molecule has 2 aromatic rings. The molecule has 1 aliphatic rings. The predicted molar refractivity (Wildman–Crippen MR) is 86.8 cm³/mol. The molecule has 21 heavy (non-hydrogen) atoms. The van der Waals surface area contributed by atoms with E-state index in [0.717, 1.165) is 29.5 Å². The van der Waals surface area contributed by atoms with Crippen molar-refractivity contribution in [3.63, 3.8) is 0 Å². The van der Waals surface area contributed by atoms with Crippen LogP contribution in [0.3, 0.4) is 0 Å². The third kappa shape index (κ3) is 3.36. The average molecular weight is 286 g/mol. The summed E-state index contributed by atoms with van der Waals surface area (Å²) in [6, 6.07) is 2.15. The summed E-state index contributed by atoms with van der Waals surface area (Å²) in [5.74, 6) is 2.38. The Hall–Kier alpha value is -1.58. The summed E-state index contributed by atoms with van der Waals surface area (Å²) in [4.78, 5) is 4.48. The molecule has 0 spiro atoms. The maximum absolute atomic E-state index is 4.60. The van der Waals surface area contributed by atoms with Gasteiger partial charge in [-0.15, -0.1) is 0 Å². The lowest BCUT2D eigenvalue weighted by molar-refractivity contribution is 0.491. The molecule has 2 heterocycles. The van der Waals surface area contributed by atoms with Gasteiger partial charge >= 0.3 is 0 Å². The summed E-state index contributed by atoms with van der Waals surface area (Å²) in [5.41, 5.74) is 2.21. The minimum atomic E-state index is 0.445. The van der Waals surface area contributed by atoms with Crippen molar-refractivity contribution < 1.29 is 0 Å². The Bertz CT molecular complexity index is 581. The molecular weight excluding hydrogens is 260 g/mol. The molecule has 1 saturated carbocycles. The van der Waals surface area contributed by atoms with Crippen LogP contribution < -0.4 is 5.32 Å². The topological polar surface area (TPSA) is 42.2 Å². The SMILES string of the molecule is CC(C)c1cc2c(NCCCC3CCCC3)nccn2n1. The molecule has 3 rings (SSSR count). The lowest BCUT2D eigenvalue weighted by Gasteiger charge is -2.10. The van der Waals surface area contributed by atoms with Gasteiger partial charge in [-0.25, -0.2) is 9.50 Å². The van der Waals surface area contributed by atoms with Gasteiger partial charge in [0.15, 0.2) is 5.82 Å². The van der Waals surface area contributed by atoms with Gasteiger partial charge in [0, 0.05) is 18.9 Å². The van der Waals surface area contributed by atoms with Gasteiger partial charge in [0.1, 0.15) is 5.52 Å². The largest absolute Gasteiger partial charge is 0.368 e. The number of nitrogens with zero attached hydrogens (tertiary/aromatic N) is 3. The van der Waals surface area contributed by atoms with Crippen LogP contribution in [0.5, 0.6) is 0 Å². The Morgan fingerprint density at radius 1 is 1.33 bits per heavy atom. The smallest absolute Gasteiger partial charge is 0.152 e. The predicted octanol–water partition coefficient (Wildman–Crippen LogP) is 4.24.